The van der Waals surface area contributed by atoms with Crippen molar-refractivity contribution >= 4 is 15.9 Å². The summed E-state index contributed by atoms with van der Waals surface area (Å²) in [6.45, 7) is 2.25. The van der Waals surface area contributed by atoms with Crippen molar-refractivity contribution in [3.8, 4) is 5.75 Å². The minimum absolute atomic E-state index is 0.133. The van der Waals surface area contributed by atoms with Gasteiger partial charge < -0.3 is 10.5 Å². The van der Waals surface area contributed by atoms with Crippen LogP contribution in [0.4, 0.5) is 0 Å². The second-order valence-electron chi connectivity index (χ2n) is 5.06. The zero-order chi connectivity index (χ0) is 14.1. The summed E-state index contributed by atoms with van der Waals surface area (Å²) in [6, 6.07) is 6.24. The van der Waals surface area contributed by atoms with Crippen LogP contribution in [0.2, 0.25) is 0 Å². The Morgan fingerprint density at radius 3 is 2.47 bits per heavy atom. The van der Waals surface area contributed by atoms with E-state index in [0.29, 0.717) is 0 Å². The van der Waals surface area contributed by atoms with Crippen LogP contribution in [0.25, 0.3) is 0 Å². The van der Waals surface area contributed by atoms with Gasteiger partial charge in [-0.15, -0.1) is 0 Å². The minimum atomic E-state index is 0.133. The standard InChI is InChI=1S/C16H26BrNO/c1-3-4-5-6-7-8-9-15(18)13-10-11-16(19-2)14(17)12-13/h10-12,15H,3-9,18H2,1-2H3. The van der Waals surface area contributed by atoms with Crippen LogP contribution in [-0.2, 0) is 0 Å². The summed E-state index contributed by atoms with van der Waals surface area (Å²) in [7, 11) is 1.68. The fourth-order valence-corrected chi connectivity index (χ4v) is 2.78. The van der Waals surface area contributed by atoms with Crippen LogP contribution in [0.15, 0.2) is 22.7 Å². The van der Waals surface area contributed by atoms with Crippen LogP contribution in [0, 0.1) is 0 Å². The first kappa shape index (κ1) is 16.5. The first-order valence-corrected chi connectivity index (χ1v) is 8.07. The Morgan fingerprint density at radius 2 is 1.84 bits per heavy atom. The summed E-state index contributed by atoms with van der Waals surface area (Å²) in [6.07, 6.45) is 8.94. The maximum Gasteiger partial charge on any atom is 0.133 e. The Labute approximate surface area is 125 Å². The predicted molar refractivity (Wildman–Crippen MR) is 85.6 cm³/mol. The maximum atomic E-state index is 6.23. The molecule has 0 saturated heterocycles. The molecule has 1 aromatic carbocycles. The number of halogens is 1. The van der Waals surface area contributed by atoms with Gasteiger partial charge in [0.25, 0.3) is 0 Å². The molecule has 1 aromatic rings. The topological polar surface area (TPSA) is 35.2 Å². The Balaban J connectivity index is 2.33. The van der Waals surface area contributed by atoms with Crippen LogP contribution >= 0.6 is 15.9 Å². The molecule has 19 heavy (non-hydrogen) atoms. The van der Waals surface area contributed by atoms with E-state index >= 15 is 0 Å². The molecule has 0 aliphatic heterocycles. The lowest BCUT2D eigenvalue weighted by Crippen LogP contribution is -2.10. The summed E-state index contributed by atoms with van der Waals surface area (Å²) in [5.41, 5.74) is 7.42. The Bertz CT molecular complexity index is 368. The number of ether oxygens (including phenoxy) is 1. The Kier molecular flexibility index (Phi) is 8.15. The molecular formula is C16H26BrNO. The molecule has 0 bridgehead atoms. The highest BCUT2D eigenvalue weighted by Gasteiger charge is 2.08. The van der Waals surface area contributed by atoms with Gasteiger partial charge in [0.05, 0.1) is 11.6 Å². The fourth-order valence-electron chi connectivity index (χ4n) is 2.22. The molecule has 2 N–H and O–H groups in total. The molecule has 108 valence electrons. The molecule has 0 heterocycles. The minimum Gasteiger partial charge on any atom is -0.496 e. The van der Waals surface area contributed by atoms with Crippen molar-refractivity contribution in [3.05, 3.63) is 28.2 Å². The van der Waals surface area contributed by atoms with Crippen LogP contribution in [0.3, 0.4) is 0 Å². The van der Waals surface area contributed by atoms with E-state index in [0.717, 1.165) is 16.6 Å². The van der Waals surface area contributed by atoms with Gasteiger partial charge in [0.2, 0.25) is 0 Å². The zero-order valence-corrected chi connectivity index (χ0v) is 13.7. The Morgan fingerprint density at radius 1 is 1.16 bits per heavy atom. The monoisotopic (exact) mass is 327 g/mol. The second-order valence-corrected chi connectivity index (χ2v) is 5.91. The summed E-state index contributed by atoms with van der Waals surface area (Å²) >= 11 is 3.51. The molecule has 0 saturated carbocycles. The smallest absolute Gasteiger partial charge is 0.133 e. The average Bonchev–Trinajstić information content (AvgIpc) is 2.42. The summed E-state index contributed by atoms with van der Waals surface area (Å²) in [5, 5.41) is 0. The number of rotatable bonds is 9. The van der Waals surface area contributed by atoms with Gasteiger partial charge in [-0.25, -0.2) is 0 Å². The third-order valence-corrected chi connectivity index (χ3v) is 4.09. The molecule has 0 aliphatic carbocycles. The number of methoxy groups -OCH3 is 1. The van der Waals surface area contributed by atoms with E-state index in [4.69, 9.17) is 10.5 Å². The summed E-state index contributed by atoms with van der Waals surface area (Å²) in [5.74, 6) is 0.857. The third-order valence-electron chi connectivity index (χ3n) is 3.47. The van der Waals surface area contributed by atoms with Crippen LogP contribution < -0.4 is 10.5 Å². The van der Waals surface area contributed by atoms with E-state index in [-0.39, 0.29) is 6.04 Å². The highest BCUT2D eigenvalue weighted by atomic mass is 79.9. The van der Waals surface area contributed by atoms with E-state index in [1.165, 1.54) is 44.1 Å². The van der Waals surface area contributed by atoms with Crippen LogP contribution in [0.5, 0.6) is 5.75 Å². The molecule has 0 amide bonds. The molecule has 0 spiro atoms. The first-order chi connectivity index (χ1) is 9.19. The number of unbranched alkanes of at least 4 members (excludes halogenated alkanes) is 5. The van der Waals surface area contributed by atoms with Crippen molar-refractivity contribution < 1.29 is 4.74 Å². The van der Waals surface area contributed by atoms with Gasteiger partial charge in [0.15, 0.2) is 0 Å². The zero-order valence-electron chi connectivity index (χ0n) is 12.1. The van der Waals surface area contributed by atoms with E-state index in [1.54, 1.807) is 7.11 Å². The van der Waals surface area contributed by atoms with Crippen molar-refractivity contribution in [3.63, 3.8) is 0 Å². The van der Waals surface area contributed by atoms with Gasteiger partial charge in [0, 0.05) is 6.04 Å². The molecule has 0 aliphatic rings. The summed E-state index contributed by atoms with van der Waals surface area (Å²) in [4.78, 5) is 0. The number of hydrogen-bond acceptors (Lipinski definition) is 2. The highest BCUT2D eigenvalue weighted by molar-refractivity contribution is 9.10. The third kappa shape index (κ3) is 5.96. The van der Waals surface area contributed by atoms with E-state index in [2.05, 4.69) is 35.0 Å². The van der Waals surface area contributed by atoms with Gasteiger partial charge >= 0.3 is 0 Å². The lowest BCUT2D eigenvalue weighted by molar-refractivity contribution is 0.411. The van der Waals surface area contributed by atoms with Crippen molar-refractivity contribution in [1.29, 1.82) is 0 Å². The number of benzene rings is 1. The van der Waals surface area contributed by atoms with Gasteiger partial charge in [0.1, 0.15) is 5.75 Å². The summed E-state index contributed by atoms with van der Waals surface area (Å²) < 4.78 is 6.21. The lowest BCUT2D eigenvalue weighted by Gasteiger charge is -2.13. The molecule has 3 heteroatoms. The number of nitrogens with two attached hydrogens (primary N) is 1. The van der Waals surface area contributed by atoms with E-state index < -0.39 is 0 Å². The maximum absolute atomic E-state index is 6.23. The second kappa shape index (κ2) is 9.38. The molecule has 2 nitrogen and oxygen atoms in total. The van der Waals surface area contributed by atoms with Gasteiger partial charge in [-0.2, -0.15) is 0 Å². The lowest BCUT2D eigenvalue weighted by atomic mass is 10.0. The largest absolute Gasteiger partial charge is 0.496 e. The fraction of sp³-hybridized carbons (Fsp3) is 0.625. The molecule has 1 atom stereocenters. The Hall–Kier alpha value is -0.540. The van der Waals surface area contributed by atoms with Crippen molar-refractivity contribution in [2.45, 2.75) is 57.9 Å². The van der Waals surface area contributed by atoms with Crippen molar-refractivity contribution in [1.82, 2.24) is 0 Å². The molecule has 1 rings (SSSR count). The average molecular weight is 328 g/mol. The van der Waals surface area contributed by atoms with Crippen molar-refractivity contribution in [2.24, 2.45) is 5.73 Å². The highest BCUT2D eigenvalue weighted by Crippen LogP contribution is 2.28. The molecule has 0 fully saturated rings. The SMILES string of the molecule is CCCCCCCCC(N)c1ccc(OC)c(Br)c1. The molecular weight excluding hydrogens is 302 g/mol. The van der Waals surface area contributed by atoms with E-state index in [1.807, 2.05) is 6.07 Å². The first-order valence-electron chi connectivity index (χ1n) is 7.28. The predicted octanol–water partition coefficient (Wildman–Crippen LogP) is 5.21. The number of hydrogen-bond donors (Lipinski definition) is 1. The van der Waals surface area contributed by atoms with Gasteiger partial charge in [-0.3, -0.25) is 0 Å². The van der Waals surface area contributed by atoms with Gasteiger partial charge in [-0.05, 0) is 40.0 Å². The normalized spacial score (nSPS) is 12.4. The molecule has 1 unspecified atom stereocenters. The van der Waals surface area contributed by atoms with Crippen molar-refractivity contribution in [2.75, 3.05) is 7.11 Å². The van der Waals surface area contributed by atoms with Crippen LogP contribution in [-0.4, -0.2) is 7.11 Å². The molecule has 0 aromatic heterocycles. The van der Waals surface area contributed by atoms with Crippen LogP contribution in [0.1, 0.15) is 63.5 Å². The van der Waals surface area contributed by atoms with Gasteiger partial charge in [-0.1, -0.05) is 51.5 Å². The quantitative estimate of drug-likeness (QED) is 0.632. The van der Waals surface area contributed by atoms with E-state index in [9.17, 15) is 0 Å². The molecule has 0 radical (unpaired) electrons.